The number of carboxylic acids is 2. The first-order valence-electron chi connectivity index (χ1n) is 37.9. The Kier molecular flexibility index (Phi) is 40.3. The molecule has 0 saturated carbocycles. The number of methoxy groups -OCH3 is 9. The van der Waals surface area contributed by atoms with Crippen LogP contribution in [0.1, 0.15) is 139 Å². The third-order valence-electron chi connectivity index (χ3n) is 19.1. The van der Waals surface area contributed by atoms with Gasteiger partial charge in [-0.1, -0.05) is 135 Å². The van der Waals surface area contributed by atoms with E-state index in [-0.39, 0.29) is 108 Å². The quantitative estimate of drug-likeness (QED) is 0.0170. The molecule has 128 heavy (non-hydrogen) atoms. The van der Waals surface area contributed by atoms with Crippen molar-refractivity contribution >= 4 is 135 Å². The van der Waals surface area contributed by atoms with Gasteiger partial charge in [0.1, 0.15) is 117 Å². The number of hydrogen-bond donors (Lipinski definition) is 4. The maximum Gasteiger partial charge on any atom is 0.339 e. The molecule has 4 N–H and O–H groups in total. The maximum absolute atomic E-state index is 14.3. The highest BCUT2D eigenvalue weighted by molar-refractivity contribution is 9.11. The Morgan fingerprint density at radius 2 is 0.711 bits per heavy atom. The second-order valence-corrected chi connectivity index (χ2v) is 31.7. The van der Waals surface area contributed by atoms with Crippen molar-refractivity contribution in [1.82, 2.24) is 9.55 Å². The molecular formula is C94H85Br3Cl5F5N2O19. The van der Waals surface area contributed by atoms with Crippen molar-refractivity contribution in [3.05, 3.63) is 345 Å². The molecule has 0 fully saturated rings. The van der Waals surface area contributed by atoms with Gasteiger partial charge in [0.2, 0.25) is 0 Å². The first-order valence-corrected chi connectivity index (χ1v) is 42.1. The molecule has 0 radical (unpaired) electrons. The Morgan fingerprint density at radius 1 is 0.383 bits per heavy atom. The van der Waals surface area contributed by atoms with Gasteiger partial charge in [-0.3, -0.25) is 19.0 Å². The number of aromatic carboxylic acids is 2. The van der Waals surface area contributed by atoms with Crippen molar-refractivity contribution in [2.45, 2.75) is 65.6 Å². The topological polar surface area (TPSA) is 276 Å². The normalized spacial score (nSPS) is 11.0. The molecule has 0 saturated heterocycles. The van der Waals surface area contributed by atoms with E-state index in [1.54, 1.807) is 107 Å². The number of aromatic nitrogens is 2. The van der Waals surface area contributed by atoms with Crippen LogP contribution in [0.2, 0.25) is 25.1 Å². The Bertz CT molecular complexity index is 5980. The van der Waals surface area contributed by atoms with Crippen molar-refractivity contribution in [3.8, 4) is 51.7 Å². The number of carboxylic acid groups (broad SMARTS) is 2. The standard InChI is InChI=1S/C20H20ClFO5.C19H16ClFN2O3.2C16H14ClFO4.C15H13BrClFO2.C8H8Br2O/c1-4-27-19(24)10-16(23)14-9-13(17(25-2)11-18(14)26-3)8-12-6-5-7-15(21)20(12)22;1-25-16-10-17(26-2)14(19(24)23-7-6-22-11-23)9-13(16)8-12-4-3-5-15(20)18(12)21;1-21-13-8-14(22-2)11(16(19)20)7-10(13)6-9-4-3-5-12(17)15(9)18;1-8-6-13(22-2)11(16(20)21)7-10(8)15(19)9-4-3-5-12(17)14(9)18;1-8-6-13(20-2)11(16)7-10(8)15(19)9-4-3-5-12(17)14(9)18;1-5-3-8(11-2)7(10)4-6(5)9/h5-7,9,11H,4,8,10H2,1-3H3;3-7,9-11H,8H2,1-2H3;3-5,7-8H,6H2,1-2H3,(H,19,20);3-7,15,19H,1-2H3,(H,20,21);3-7,15,19H,1-2H3;3-4H,1-2H3. The average Bonchev–Trinajstić information content (AvgIpc) is 1.07. The lowest BCUT2D eigenvalue weighted by molar-refractivity contribution is -0.142. The Balaban J connectivity index is 0.000000213. The lowest BCUT2D eigenvalue weighted by Crippen LogP contribution is -2.13. The van der Waals surface area contributed by atoms with E-state index < -0.39 is 71.4 Å². The van der Waals surface area contributed by atoms with Crippen molar-refractivity contribution in [2.75, 3.05) is 70.6 Å². The van der Waals surface area contributed by atoms with Crippen LogP contribution in [-0.2, 0) is 28.8 Å². The maximum atomic E-state index is 14.3. The largest absolute Gasteiger partial charge is 0.496 e. The number of aryl methyl sites for hydroxylation is 3. The number of rotatable bonds is 26. The van der Waals surface area contributed by atoms with Crippen molar-refractivity contribution in [2.24, 2.45) is 0 Å². The number of Topliss-reactive ketones (excluding diaryl/α,β-unsaturated/α-hetero) is 1. The molecule has 12 rings (SSSR count). The van der Waals surface area contributed by atoms with Crippen LogP contribution in [0.5, 0.6) is 51.7 Å². The van der Waals surface area contributed by atoms with Crippen molar-refractivity contribution in [3.63, 3.8) is 0 Å². The Morgan fingerprint density at radius 3 is 1.09 bits per heavy atom. The van der Waals surface area contributed by atoms with Crippen LogP contribution in [0, 0.1) is 49.9 Å². The van der Waals surface area contributed by atoms with Gasteiger partial charge in [-0.15, -0.1) is 0 Å². The number of benzene rings is 11. The fourth-order valence-corrected chi connectivity index (χ4v) is 15.1. The molecule has 12 aromatic rings. The second kappa shape index (κ2) is 49.6. The zero-order valence-electron chi connectivity index (χ0n) is 70.7. The summed E-state index contributed by atoms with van der Waals surface area (Å²) in [5.74, 6) is -2.78. The summed E-state index contributed by atoms with van der Waals surface area (Å²) in [5, 5.41) is 39.2. The number of hydrogen-bond acceptors (Lipinski definition) is 18. The van der Waals surface area contributed by atoms with Crippen LogP contribution < -0.4 is 42.6 Å². The van der Waals surface area contributed by atoms with Crippen LogP contribution in [-0.4, -0.2) is 130 Å². The number of aliphatic hydroxyl groups excluding tert-OH is 2. The van der Waals surface area contributed by atoms with Crippen LogP contribution in [0.15, 0.2) is 196 Å². The Labute approximate surface area is 785 Å². The van der Waals surface area contributed by atoms with Gasteiger partial charge in [-0.2, -0.15) is 0 Å². The summed E-state index contributed by atoms with van der Waals surface area (Å²) >= 11 is 39.1. The van der Waals surface area contributed by atoms with E-state index in [1.807, 2.05) is 26.0 Å². The second-order valence-electron chi connectivity index (χ2n) is 27.1. The summed E-state index contributed by atoms with van der Waals surface area (Å²) in [6.07, 6.45) is 2.14. The Hall–Kier alpha value is -11.0. The smallest absolute Gasteiger partial charge is 0.339 e. The minimum Gasteiger partial charge on any atom is -0.496 e. The van der Waals surface area contributed by atoms with Gasteiger partial charge in [0.05, 0.1) is 116 Å². The molecule has 1 aromatic heterocycles. The summed E-state index contributed by atoms with van der Waals surface area (Å²) in [4.78, 5) is 63.3. The predicted octanol–water partition coefficient (Wildman–Crippen LogP) is 23.7. The number of halogens is 13. The molecule has 0 aliphatic heterocycles. The summed E-state index contributed by atoms with van der Waals surface area (Å²) in [6, 6.07) is 42.5. The third kappa shape index (κ3) is 27.1. The molecule has 1 heterocycles. The number of nitrogens with zero attached hydrogens (tertiary/aromatic N) is 2. The summed E-state index contributed by atoms with van der Waals surface area (Å²) < 4.78 is 126. The summed E-state index contributed by atoms with van der Waals surface area (Å²) in [5.41, 5.74) is 6.80. The predicted molar refractivity (Wildman–Crippen MR) is 490 cm³/mol. The van der Waals surface area contributed by atoms with E-state index >= 15 is 0 Å². The van der Waals surface area contributed by atoms with E-state index in [9.17, 15) is 66.4 Å². The number of ketones is 1. The number of ether oxygens (including phenoxy) is 10. The fraction of sp³-hybridized carbons (Fsp3) is 0.213. The number of imidazole rings is 1. The molecule has 0 aliphatic rings. The number of esters is 1. The molecule has 0 spiro atoms. The van der Waals surface area contributed by atoms with Gasteiger partial charge >= 0.3 is 17.9 Å². The van der Waals surface area contributed by atoms with Gasteiger partial charge in [0.25, 0.3) is 5.91 Å². The fourth-order valence-electron chi connectivity index (χ4n) is 12.5. The van der Waals surface area contributed by atoms with Gasteiger partial charge in [-0.05, 0) is 206 Å². The molecule has 0 aliphatic carbocycles. The molecule has 21 nitrogen and oxygen atoms in total. The minimum atomic E-state index is -1.33. The highest BCUT2D eigenvalue weighted by Crippen LogP contribution is 2.41. The first-order chi connectivity index (χ1) is 60.9. The first kappa shape index (κ1) is 104. The van der Waals surface area contributed by atoms with E-state index in [1.165, 1.54) is 151 Å². The van der Waals surface area contributed by atoms with Gasteiger partial charge in [0.15, 0.2) is 5.78 Å². The molecule has 0 bridgehead atoms. The molecule has 676 valence electrons. The third-order valence-corrected chi connectivity index (χ3v) is 22.6. The molecule has 11 aromatic carbocycles. The van der Waals surface area contributed by atoms with Crippen LogP contribution in [0.4, 0.5) is 22.0 Å². The SMILES string of the molecule is CCOC(=O)CC(=O)c1cc(Cc2cccc(Cl)c2F)c(OC)cc1OC.COc1cc(C)c(Br)cc1Br.COc1cc(C)c(C(O)c2cccc(Cl)c2F)cc1Br.COc1cc(C)c(C(O)c2cccc(Cl)c2F)cc1C(=O)O.COc1cc(OC)c(C(=O)O)cc1Cc1cccc(Cl)c1F.COc1cc(OC)c(C(=O)n2ccnc2)cc1Cc1cccc(Cl)c1F. The zero-order valence-corrected chi connectivity index (χ0v) is 79.3. The van der Waals surface area contributed by atoms with Crippen LogP contribution in [0.3, 0.4) is 0 Å². The zero-order chi connectivity index (χ0) is 94.7. The van der Waals surface area contributed by atoms with Gasteiger partial charge < -0.3 is 67.8 Å². The highest BCUT2D eigenvalue weighted by atomic mass is 79.9. The number of carbonyl (C=O) groups excluding carboxylic acids is 3. The molecule has 0 amide bonds. The van der Waals surface area contributed by atoms with Crippen LogP contribution >= 0.6 is 106 Å². The number of carbonyl (C=O) groups is 5. The molecule has 34 heteroatoms. The van der Waals surface area contributed by atoms with E-state index in [0.717, 1.165) is 20.3 Å². The summed E-state index contributed by atoms with van der Waals surface area (Å²) in [7, 11) is 13.2. The van der Waals surface area contributed by atoms with E-state index in [2.05, 4.69) is 52.8 Å². The highest BCUT2D eigenvalue weighted by Gasteiger charge is 2.28. The minimum absolute atomic E-state index is 0.00761. The lowest BCUT2D eigenvalue weighted by atomic mass is 9.94. The van der Waals surface area contributed by atoms with Crippen LogP contribution in [0.25, 0.3) is 0 Å². The van der Waals surface area contributed by atoms with Gasteiger partial charge in [0, 0.05) is 65.5 Å². The van der Waals surface area contributed by atoms with Crippen molar-refractivity contribution in [1.29, 1.82) is 0 Å². The molecular weight excluding hydrogens is 1970 g/mol. The average molecular weight is 2060 g/mol. The van der Waals surface area contributed by atoms with E-state index in [4.69, 9.17) is 105 Å². The van der Waals surface area contributed by atoms with Gasteiger partial charge in [-0.25, -0.2) is 36.5 Å². The monoisotopic (exact) mass is 2050 g/mol. The summed E-state index contributed by atoms with van der Waals surface area (Å²) in [6.45, 7) is 7.38. The van der Waals surface area contributed by atoms with E-state index in [0.29, 0.717) is 83.3 Å². The molecule has 2 unspecified atom stereocenters. The van der Waals surface area contributed by atoms with Crippen molar-refractivity contribution < 1.29 is 114 Å². The number of aliphatic hydroxyl groups is 2. The molecule has 2 atom stereocenters. The lowest BCUT2D eigenvalue weighted by Gasteiger charge is -2.17.